The van der Waals surface area contributed by atoms with Crippen LogP contribution < -0.4 is 10.1 Å². The molecule has 1 aliphatic carbocycles. The van der Waals surface area contributed by atoms with Crippen LogP contribution >= 0.6 is 11.3 Å². The van der Waals surface area contributed by atoms with Gasteiger partial charge in [-0.15, -0.1) is 11.3 Å². The largest absolute Gasteiger partial charge is 0.484 e. The molecule has 164 valence electrons. The lowest BCUT2D eigenvalue weighted by Gasteiger charge is -2.37. The van der Waals surface area contributed by atoms with Gasteiger partial charge in [0.15, 0.2) is 6.61 Å². The zero-order chi connectivity index (χ0) is 21.9. The van der Waals surface area contributed by atoms with E-state index in [1.54, 1.807) is 0 Å². The van der Waals surface area contributed by atoms with E-state index < -0.39 is 0 Å². The topological polar surface area (TPSA) is 58.6 Å². The summed E-state index contributed by atoms with van der Waals surface area (Å²) < 4.78 is 5.83. The minimum Gasteiger partial charge on any atom is -0.484 e. The molecule has 1 saturated carbocycles. The number of hydrogen-bond donors (Lipinski definition) is 1. The van der Waals surface area contributed by atoms with Gasteiger partial charge >= 0.3 is 0 Å². The summed E-state index contributed by atoms with van der Waals surface area (Å²) in [5.41, 5.74) is 3.33. The number of ether oxygens (including phenoxy) is 1. The molecule has 1 unspecified atom stereocenters. The van der Waals surface area contributed by atoms with Crippen molar-refractivity contribution in [3.05, 3.63) is 87.6 Å². The summed E-state index contributed by atoms with van der Waals surface area (Å²) in [7, 11) is 0. The van der Waals surface area contributed by atoms with Crippen LogP contribution in [0.15, 0.2) is 66.0 Å². The number of hydrogen-bond acceptors (Lipinski definition) is 4. The number of nitrogens with one attached hydrogen (secondary N) is 1. The molecule has 2 heterocycles. The Kier molecular flexibility index (Phi) is 5.95. The van der Waals surface area contributed by atoms with Crippen LogP contribution in [0.5, 0.6) is 5.75 Å². The second-order valence-electron chi connectivity index (χ2n) is 8.44. The molecule has 2 aromatic carbocycles. The van der Waals surface area contributed by atoms with Gasteiger partial charge in [-0.05, 0) is 65.4 Å². The van der Waals surface area contributed by atoms with E-state index in [1.807, 2.05) is 52.7 Å². The molecule has 32 heavy (non-hydrogen) atoms. The van der Waals surface area contributed by atoms with E-state index in [-0.39, 0.29) is 24.5 Å². The molecule has 5 nitrogen and oxygen atoms in total. The predicted molar refractivity (Wildman–Crippen MR) is 125 cm³/mol. The van der Waals surface area contributed by atoms with Crippen molar-refractivity contribution in [1.82, 2.24) is 10.2 Å². The molecule has 6 heteroatoms. The van der Waals surface area contributed by atoms with E-state index in [1.165, 1.54) is 29.7 Å². The van der Waals surface area contributed by atoms with Crippen molar-refractivity contribution in [3.63, 3.8) is 0 Å². The molecular formula is C26H26N2O3S. The number of rotatable bonds is 7. The first-order valence-corrected chi connectivity index (χ1v) is 12.0. The van der Waals surface area contributed by atoms with E-state index in [0.717, 1.165) is 29.0 Å². The van der Waals surface area contributed by atoms with E-state index >= 15 is 0 Å². The number of carbonyl (C=O) groups excluding carboxylic acids is 2. The predicted octanol–water partition coefficient (Wildman–Crippen LogP) is 4.44. The molecule has 0 radical (unpaired) electrons. The molecule has 1 aliphatic heterocycles. The minimum absolute atomic E-state index is 0.000644. The molecule has 2 amide bonds. The van der Waals surface area contributed by atoms with Crippen LogP contribution in [-0.4, -0.2) is 36.4 Å². The minimum atomic E-state index is -0.193. The average Bonchev–Trinajstić information content (AvgIpc) is 3.51. The van der Waals surface area contributed by atoms with Crippen molar-refractivity contribution in [2.75, 3.05) is 19.7 Å². The Morgan fingerprint density at radius 3 is 2.66 bits per heavy atom. The number of amides is 2. The molecule has 1 N–H and O–H groups in total. The van der Waals surface area contributed by atoms with Crippen molar-refractivity contribution in [3.8, 4) is 5.75 Å². The summed E-state index contributed by atoms with van der Waals surface area (Å²) in [5, 5.41) is 4.87. The van der Waals surface area contributed by atoms with Crippen molar-refractivity contribution in [1.29, 1.82) is 0 Å². The van der Waals surface area contributed by atoms with Gasteiger partial charge in [0.25, 0.3) is 11.8 Å². The summed E-state index contributed by atoms with van der Waals surface area (Å²) in [6, 6.07) is 19.7. The lowest BCUT2D eigenvalue weighted by molar-refractivity contribution is -0.123. The summed E-state index contributed by atoms with van der Waals surface area (Å²) >= 11 is 1.47. The van der Waals surface area contributed by atoms with Crippen molar-refractivity contribution in [2.24, 2.45) is 5.92 Å². The first-order valence-electron chi connectivity index (χ1n) is 11.1. The van der Waals surface area contributed by atoms with Crippen LogP contribution in [-0.2, 0) is 11.2 Å². The lowest BCUT2D eigenvalue weighted by Crippen LogP contribution is -2.40. The van der Waals surface area contributed by atoms with E-state index in [9.17, 15) is 9.59 Å². The molecule has 0 spiro atoms. The number of nitrogens with zero attached hydrogens (tertiary/aromatic N) is 1. The van der Waals surface area contributed by atoms with Gasteiger partial charge in [0, 0.05) is 13.1 Å². The maximum atomic E-state index is 13.3. The highest BCUT2D eigenvalue weighted by Crippen LogP contribution is 2.38. The second kappa shape index (κ2) is 9.17. The Morgan fingerprint density at radius 1 is 1.06 bits per heavy atom. The van der Waals surface area contributed by atoms with Gasteiger partial charge < -0.3 is 15.0 Å². The van der Waals surface area contributed by atoms with Crippen molar-refractivity contribution >= 4 is 23.2 Å². The molecule has 1 aromatic heterocycles. The smallest absolute Gasteiger partial charge is 0.264 e. The van der Waals surface area contributed by atoms with E-state index in [4.69, 9.17) is 4.74 Å². The molecule has 2 aliphatic rings. The number of benzene rings is 2. The molecule has 0 saturated heterocycles. The second-order valence-corrected chi connectivity index (χ2v) is 9.38. The summed E-state index contributed by atoms with van der Waals surface area (Å²) in [5.74, 6) is 1.24. The normalized spacial score (nSPS) is 17.5. The third-order valence-corrected chi connectivity index (χ3v) is 6.97. The maximum Gasteiger partial charge on any atom is 0.264 e. The Morgan fingerprint density at radius 2 is 1.91 bits per heavy atom. The van der Waals surface area contributed by atoms with Crippen molar-refractivity contribution in [2.45, 2.75) is 25.3 Å². The molecular weight excluding hydrogens is 420 g/mol. The highest BCUT2D eigenvalue weighted by atomic mass is 32.1. The van der Waals surface area contributed by atoms with Gasteiger partial charge in [-0.2, -0.15) is 0 Å². The third-order valence-electron chi connectivity index (χ3n) is 6.11. The Labute approximate surface area is 192 Å². The number of thiophene rings is 1. The molecule has 1 atom stereocenters. The molecule has 3 aromatic rings. The Hall–Kier alpha value is -3.12. The zero-order valence-electron chi connectivity index (χ0n) is 17.8. The van der Waals surface area contributed by atoms with E-state index in [0.29, 0.717) is 18.2 Å². The van der Waals surface area contributed by atoms with Crippen molar-refractivity contribution < 1.29 is 14.3 Å². The highest BCUT2D eigenvalue weighted by molar-refractivity contribution is 7.12. The summed E-state index contributed by atoms with van der Waals surface area (Å²) in [4.78, 5) is 28.1. The van der Waals surface area contributed by atoms with Gasteiger partial charge in [0.05, 0.1) is 10.9 Å². The fourth-order valence-electron chi connectivity index (χ4n) is 4.22. The summed E-state index contributed by atoms with van der Waals surface area (Å²) in [6.45, 7) is 1.40. The van der Waals surface area contributed by atoms with Crippen LogP contribution in [0.3, 0.4) is 0 Å². The fraction of sp³-hybridized carbons (Fsp3) is 0.308. The van der Waals surface area contributed by atoms with Crippen LogP contribution in [0, 0.1) is 5.92 Å². The highest BCUT2D eigenvalue weighted by Gasteiger charge is 2.33. The SMILES string of the molecule is O=C(COc1ccc2c(c1)C(c1ccccc1)N(C(=O)c1cccs1)CC2)NCC1CC1. The Balaban J connectivity index is 1.40. The summed E-state index contributed by atoms with van der Waals surface area (Å²) in [6.07, 6.45) is 3.19. The lowest BCUT2D eigenvalue weighted by atomic mass is 9.88. The van der Waals surface area contributed by atoms with Gasteiger partial charge in [0.1, 0.15) is 5.75 Å². The van der Waals surface area contributed by atoms with Crippen LogP contribution in [0.2, 0.25) is 0 Å². The Bertz CT molecular complexity index is 1090. The number of fused-ring (bicyclic) bond motifs is 1. The first-order chi connectivity index (χ1) is 15.7. The van der Waals surface area contributed by atoms with Gasteiger partial charge in [-0.3, -0.25) is 9.59 Å². The number of carbonyl (C=O) groups is 2. The fourth-order valence-corrected chi connectivity index (χ4v) is 4.90. The molecule has 5 rings (SSSR count). The van der Waals surface area contributed by atoms with Crippen LogP contribution in [0.1, 0.15) is 45.2 Å². The van der Waals surface area contributed by atoms with Gasteiger partial charge in [0.2, 0.25) is 0 Å². The van der Waals surface area contributed by atoms with Crippen LogP contribution in [0.25, 0.3) is 0 Å². The maximum absolute atomic E-state index is 13.3. The van der Waals surface area contributed by atoms with E-state index in [2.05, 4.69) is 23.5 Å². The zero-order valence-corrected chi connectivity index (χ0v) is 18.6. The molecule has 0 bridgehead atoms. The third kappa shape index (κ3) is 4.55. The van der Waals surface area contributed by atoms with Crippen LogP contribution in [0.4, 0.5) is 0 Å². The van der Waals surface area contributed by atoms with Gasteiger partial charge in [-0.1, -0.05) is 42.5 Å². The standard InChI is InChI=1S/C26H26N2O3S/c29-24(27-16-18-8-9-18)17-31-21-11-10-19-12-13-28(26(30)23-7-4-14-32-23)25(22(19)15-21)20-5-2-1-3-6-20/h1-7,10-11,14-15,18,25H,8-9,12-13,16-17H2,(H,27,29). The molecule has 1 fully saturated rings. The first kappa shape index (κ1) is 20.8. The average molecular weight is 447 g/mol. The van der Waals surface area contributed by atoms with Gasteiger partial charge in [-0.25, -0.2) is 0 Å². The monoisotopic (exact) mass is 446 g/mol. The quantitative estimate of drug-likeness (QED) is 0.584.